The van der Waals surface area contributed by atoms with Crippen LogP contribution in [0.2, 0.25) is 0 Å². The van der Waals surface area contributed by atoms with Crippen LogP contribution >= 0.6 is 0 Å². The van der Waals surface area contributed by atoms with Crippen LogP contribution in [-0.2, 0) is 9.59 Å². The number of aromatic amines is 1. The number of aromatic nitrogens is 2. The Kier molecular flexibility index (Phi) is 7.86. The van der Waals surface area contributed by atoms with E-state index in [1.807, 2.05) is 24.3 Å². The molecule has 3 N–H and O–H groups in total. The topological polar surface area (TPSA) is 151 Å². The number of hydrogen-bond donors (Lipinski definition) is 3. The van der Waals surface area contributed by atoms with Crippen molar-refractivity contribution in [3.05, 3.63) is 89.0 Å². The third-order valence-corrected chi connectivity index (χ3v) is 4.09. The fourth-order valence-corrected chi connectivity index (χ4v) is 2.66. The number of nitrogens with zero attached hydrogens (tertiary/aromatic N) is 3. The van der Waals surface area contributed by atoms with Crippen LogP contribution in [0.4, 0.5) is 0 Å². The molecular weight excluding hydrogens is 384 g/mol. The third kappa shape index (κ3) is 6.32. The molecule has 0 amide bonds. The van der Waals surface area contributed by atoms with Crippen molar-refractivity contribution in [1.29, 1.82) is 10.5 Å². The van der Waals surface area contributed by atoms with Gasteiger partial charge in [-0.25, -0.2) is 4.98 Å². The Labute approximate surface area is 172 Å². The Hall–Kier alpha value is -4.43. The first-order valence-electron chi connectivity index (χ1n) is 8.87. The highest BCUT2D eigenvalue weighted by Gasteiger charge is 2.19. The molecule has 0 radical (unpaired) electrons. The normalized spacial score (nSPS) is 9.70. The Morgan fingerprint density at radius 1 is 0.867 bits per heavy atom. The molecule has 0 saturated carbocycles. The highest BCUT2D eigenvalue weighted by molar-refractivity contribution is 5.75. The van der Waals surface area contributed by atoms with Gasteiger partial charge >= 0.3 is 11.9 Å². The van der Waals surface area contributed by atoms with E-state index in [4.69, 9.17) is 20.7 Å². The van der Waals surface area contributed by atoms with Crippen molar-refractivity contribution < 1.29 is 19.8 Å². The van der Waals surface area contributed by atoms with Crippen LogP contribution in [0.5, 0.6) is 0 Å². The van der Waals surface area contributed by atoms with E-state index >= 15 is 0 Å². The van der Waals surface area contributed by atoms with Crippen molar-refractivity contribution in [3.63, 3.8) is 0 Å². The largest absolute Gasteiger partial charge is 0.481 e. The minimum Gasteiger partial charge on any atom is -0.481 e. The summed E-state index contributed by atoms with van der Waals surface area (Å²) in [6.07, 6.45) is 2.91. The number of H-pyrrole nitrogens is 1. The number of hydrogen-bond acceptors (Lipinski definition) is 5. The molecule has 2 aromatic carbocycles. The number of aliphatic carboxylic acids is 2. The summed E-state index contributed by atoms with van der Waals surface area (Å²) in [6.45, 7) is 0. The second-order valence-corrected chi connectivity index (χ2v) is 6.16. The highest BCUT2D eigenvalue weighted by Crippen LogP contribution is 2.30. The molecule has 0 spiro atoms. The van der Waals surface area contributed by atoms with Gasteiger partial charge in [0, 0.05) is 12.4 Å². The van der Waals surface area contributed by atoms with Crippen molar-refractivity contribution in [2.75, 3.05) is 0 Å². The van der Waals surface area contributed by atoms with Gasteiger partial charge in [-0.3, -0.25) is 9.59 Å². The van der Waals surface area contributed by atoms with Gasteiger partial charge in [-0.05, 0) is 35.4 Å². The molecule has 0 saturated heterocycles. The van der Waals surface area contributed by atoms with Crippen LogP contribution in [-0.4, -0.2) is 32.1 Å². The van der Waals surface area contributed by atoms with Crippen LogP contribution < -0.4 is 0 Å². The number of benzene rings is 2. The fraction of sp³-hybridized carbons (Fsp3) is 0.136. The summed E-state index contributed by atoms with van der Waals surface area (Å²) >= 11 is 0. The minimum absolute atomic E-state index is 0.0597. The molecule has 3 aromatic rings. The maximum absolute atomic E-state index is 9.64. The zero-order chi connectivity index (χ0) is 21.9. The van der Waals surface area contributed by atoms with E-state index in [1.54, 1.807) is 36.7 Å². The number of carboxylic acid groups (broad SMARTS) is 2. The third-order valence-electron chi connectivity index (χ3n) is 4.09. The van der Waals surface area contributed by atoms with Crippen molar-refractivity contribution in [2.45, 2.75) is 18.8 Å². The van der Waals surface area contributed by atoms with Crippen molar-refractivity contribution in [1.82, 2.24) is 9.97 Å². The van der Waals surface area contributed by atoms with Gasteiger partial charge in [-0.2, -0.15) is 10.5 Å². The summed E-state index contributed by atoms with van der Waals surface area (Å²) in [5, 5.41) is 33.7. The van der Waals surface area contributed by atoms with Gasteiger partial charge in [0.2, 0.25) is 0 Å². The van der Waals surface area contributed by atoms with E-state index in [0.29, 0.717) is 11.1 Å². The summed E-state index contributed by atoms with van der Waals surface area (Å²) in [4.78, 5) is 26.8. The molecule has 8 nitrogen and oxygen atoms in total. The Balaban J connectivity index is 0.000000343. The Morgan fingerprint density at radius 3 is 1.60 bits per heavy atom. The molecular formula is C22H18N4O4. The molecule has 0 atom stereocenters. The molecule has 0 aliphatic rings. The smallest absolute Gasteiger partial charge is 0.303 e. The standard InChI is InChI=1S/C18H12N4.C4H6O4/c19-11-13-1-5-15(6-2-13)17(18-21-9-10-22-18)16-7-3-14(12-20)4-8-16;5-3(6)1-2-4(7)8/h1-10,17H,(H,21,22);1-2H2,(H,5,6)(H,7,8). The molecule has 0 aliphatic carbocycles. The van der Waals surface area contributed by atoms with Crippen molar-refractivity contribution in [3.8, 4) is 12.1 Å². The van der Waals surface area contributed by atoms with Gasteiger partial charge in [0.1, 0.15) is 5.82 Å². The predicted octanol–water partition coefficient (Wildman–Crippen LogP) is 3.27. The van der Waals surface area contributed by atoms with E-state index in [-0.39, 0.29) is 18.8 Å². The fourth-order valence-electron chi connectivity index (χ4n) is 2.66. The Morgan fingerprint density at radius 2 is 1.30 bits per heavy atom. The van der Waals surface area contributed by atoms with E-state index in [1.165, 1.54) is 0 Å². The number of rotatable bonds is 6. The minimum atomic E-state index is -1.08. The summed E-state index contributed by atoms with van der Waals surface area (Å²) < 4.78 is 0. The second kappa shape index (κ2) is 10.8. The number of nitrogens with one attached hydrogen (secondary N) is 1. The molecule has 3 rings (SSSR count). The van der Waals surface area contributed by atoms with Gasteiger partial charge in [-0.15, -0.1) is 0 Å². The van der Waals surface area contributed by atoms with Crippen LogP contribution in [0.3, 0.4) is 0 Å². The number of imidazole rings is 1. The molecule has 8 heteroatoms. The molecule has 30 heavy (non-hydrogen) atoms. The predicted molar refractivity (Wildman–Crippen MR) is 106 cm³/mol. The summed E-state index contributed by atoms with van der Waals surface area (Å²) in [7, 11) is 0. The van der Waals surface area contributed by atoms with Gasteiger partial charge < -0.3 is 15.2 Å². The zero-order valence-corrected chi connectivity index (χ0v) is 15.8. The monoisotopic (exact) mass is 402 g/mol. The summed E-state index contributed by atoms with van der Waals surface area (Å²) in [6, 6.07) is 19.2. The average molecular weight is 402 g/mol. The van der Waals surface area contributed by atoms with Gasteiger partial charge in [0.05, 0.1) is 42.0 Å². The zero-order valence-electron chi connectivity index (χ0n) is 15.8. The van der Waals surface area contributed by atoms with E-state index < -0.39 is 11.9 Å². The lowest BCUT2D eigenvalue weighted by molar-refractivity contribution is -0.143. The first kappa shape index (κ1) is 21.9. The second-order valence-electron chi connectivity index (χ2n) is 6.16. The van der Waals surface area contributed by atoms with E-state index in [2.05, 4.69) is 22.1 Å². The number of nitriles is 2. The summed E-state index contributed by atoms with van der Waals surface area (Å²) in [5.74, 6) is -1.38. The molecule has 0 bridgehead atoms. The van der Waals surface area contributed by atoms with Crippen molar-refractivity contribution >= 4 is 11.9 Å². The van der Waals surface area contributed by atoms with Crippen LogP contribution in [0, 0.1) is 22.7 Å². The molecule has 0 aliphatic heterocycles. The van der Waals surface area contributed by atoms with Gasteiger partial charge in [0.15, 0.2) is 0 Å². The maximum atomic E-state index is 9.64. The average Bonchev–Trinajstić information content (AvgIpc) is 3.28. The molecule has 0 fully saturated rings. The number of carbonyl (C=O) groups is 2. The van der Waals surface area contributed by atoms with E-state index in [9.17, 15) is 9.59 Å². The first-order chi connectivity index (χ1) is 14.4. The maximum Gasteiger partial charge on any atom is 0.303 e. The van der Waals surface area contributed by atoms with Gasteiger partial charge in [0.25, 0.3) is 0 Å². The van der Waals surface area contributed by atoms with Gasteiger partial charge in [-0.1, -0.05) is 24.3 Å². The van der Waals surface area contributed by atoms with E-state index in [0.717, 1.165) is 17.0 Å². The molecule has 1 heterocycles. The van der Waals surface area contributed by atoms with Crippen LogP contribution in [0.15, 0.2) is 60.9 Å². The van der Waals surface area contributed by atoms with Crippen LogP contribution in [0.25, 0.3) is 0 Å². The Bertz CT molecular complexity index is 989. The quantitative estimate of drug-likeness (QED) is 0.572. The number of carboxylic acids is 2. The SMILES string of the molecule is N#Cc1ccc(C(c2ccc(C#N)cc2)c2ncc[nH]2)cc1.O=C(O)CCC(=O)O. The summed E-state index contributed by atoms with van der Waals surface area (Å²) in [5.41, 5.74) is 3.33. The molecule has 0 unspecified atom stereocenters. The first-order valence-corrected chi connectivity index (χ1v) is 8.87. The molecule has 1 aromatic heterocycles. The lowest BCUT2D eigenvalue weighted by atomic mass is 9.89. The molecule has 150 valence electrons. The lowest BCUT2D eigenvalue weighted by Gasteiger charge is -2.16. The lowest BCUT2D eigenvalue weighted by Crippen LogP contribution is -2.05. The van der Waals surface area contributed by atoms with Crippen LogP contribution in [0.1, 0.15) is 46.8 Å². The van der Waals surface area contributed by atoms with Crippen molar-refractivity contribution in [2.24, 2.45) is 0 Å². The highest BCUT2D eigenvalue weighted by atomic mass is 16.4.